The molecule has 0 atom stereocenters. The van der Waals surface area contributed by atoms with E-state index in [-0.39, 0.29) is 28.7 Å². The van der Waals surface area contributed by atoms with Crippen molar-refractivity contribution < 1.29 is 23.9 Å². The molecule has 0 radical (unpaired) electrons. The zero-order chi connectivity index (χ0) is 30.0. The number of thiophene rings is 1. The lowest BCUT2D eigenvalue weighted by molar-refractivity contribution is 0.0594. The molecule has 42 heavy (non-hydrogen) atoms. The largest absolute Gasteiger partial charge is 0.488 e. The average molecular weight is 584 g/mol. The van der Waals surface area contributed by atoms with Crippen molar-refractivity contribution in [2.24, 2.45) is 11.7 Å². The number of rotatable bonds is 8. The van der Waals surface area contributed by atoms with Crippen LogP contribution in [0, 0.1) is 11.3 Å². The Morgan fingerprint density at radius 2 is 1.81 bits per heavy atom. The molecule has 0 spiro atoms. The number of carbonyl (C=O) groups excluding carboxylic acids is 3. The molecule has 0 saturated carbocycles. The van der Waals surface area contributed by atoms with Crippen LogP contribution in [-0.4, -0.2) is 42.3 Å². The van der Waals surface area contributed by atoms with Crippen LogP contribution in [0.2, 0.25) is 0 Å². The van der Waals surface area contributed by atoms with E-state index in [1.807, 2.05) is 25.3 Å². The van der Waals surface area contributed by atoms with E-state index in [0.717, 1.165) is 16.0 Å². The summed E-state index contributed by atoms with van der Waals surface area (Å²) in [5.41, 5.74) is 9.24. The smallest absolute Gasteiger partial charge is 0.357 e. The summed E-state index contributed by atoms with van der Waals surface area (Å²) in [6.07, 6.45) is 0. The first-order valence-electron chi connectivity index (χ1n) is 13.2. The number of pyridine rings is 1. The fraction of sp³-hybridized carbons (Fsp3) is 0.194. The number of methoxy groups -OCH3 is 1. The Morgan fingerprint density at radius 1 is 1.05 bits per heavy atom. The fourth-order valence-electron chi connectivity index (χ4n) is 4.50. The zero-order valence-electron chi connectivity index (χ0n) is 23.2. The molecule has 1 aliphatic rings. The number of benzene rings is 2. The molecule has 1 aliphatic heterocycles. The van der Waals surface area contributed by atoms with Gasteiger partial charge in [0.05, 0.1) is 7.11 Å². The molecule has 0 saturated heterocycles. The number of amidine groups is 1. The van der Waals surface area contributed by atoms with E-state index in [1.54, 1.807) is 53.8 Å². The van der Waals surface area contributed by atoms with Gasteiger partial charge in [-0.25, -0.2) is 9.78 Å². The minimum absolute atomic E-state index is 0.0498. The second-order valence-electron chi connectivity index (χ2n) is 10.1. The molecule has 214 valence electrons. The number of fused-ring (bicyclic) bond motifs is 3. The number of amides is 2. The summed E-state index contributed by atoms with van der Waals surface area (Å²) in [6.45, 7) is 4.76. The number of anilines is 1. The summed E-state index contributed by atoms with van der Waals surface area (Å²) in [4.78, 5) is 44.9. The van der Waals surface area contributed by atoms with E-state index in [0.29, 0.717) is 41.3 Å². The minimum atomic E-state index is -0.756. The van der Waals surface area contributed by atoms with Crippen LogP contribution in [-0.2, 0) is 11.3 Å². The normalized spacial score (nSPS) is 11.6. The average Bonchev–Trinajstić information content (AvgIpc) is 3.48. The molecule has 0 bridgehead atoms. The summed E-state index contributed by atoms with van der Waals surface area (Å²) in [5, 5.41) is 15.3. The van der Waals surface area contributed by atoms with Crippen LogP contribution in [0.3, 0.4) is 0 Å². The number of hydrogen-bond donors (Lipinski definition) is 4. The van der Waals surface area contributed by atoms with E-state index >= 15 is 0 Å². The third-order valence-electron chi connectivity index (χ3n) is 6.66. The van der Waals surface area contributed by atoms with Crippen LogP contribution >= 0.6 is 11.3 Å². The Labute approximate surface area is 246 Å². The molecule has 10 nitrogen and oxygen atoms in total. The second kappa shape index (κ2) is 11.8. The van der Waals surface area contributed by atoms with Crippen LogP contribution in [0.4, 0.5) is 5.69 Å². The van der Waals surface area contributed by atoms with Gasteiger partial charge < -0.3 is 25.8 Å². The Morgan fingerprint density at radius 3 is 2.50 bits per heavy atom. The lowest BCUT2D eigenvalue weighted by atomic mass is 9.92. The molecule has 11 heteroatoms. The molecule has 5 N–H and O–H groups in total. The highest BCUT2D eigenvalue weighted by molar-refractivity contribution is 7.13. The van der Waals surface area contributed by atoms with Crippen molar-refractivity contribution in [2.45, 2.75) is 20.5 Å². The number of aromatic nitrogens is 1. The first-order valence-corrected chi connectivity index (χ1v) is 14.1. The first-order chi connectivity index (χ1) is 20.2. The van der Waals surface area contributed by atoms with Gasteiger partial charge in [0.2, 0.25) is 0 Å². The number of hydrogen-bond acceptors (Lipinski definition) is 8. The third kappa shape index (κ3) is 5.72. The van der Waals surface area contributed by atoms with Crippen LogP contribution in [0.15, 0.2) is 60.0 Å². The molecule has 2 aromatic carbocycles. The van der Waals surface area contributed by atoms with E-state index in [1.165, 1.54) is 13.2 Å². The van der Waals surface area contributed by atoms with E-state index in [2.05, 4.69) is 15.6 Å². The lowest BCUT2D eigenvalue weighted by Gasteiger charge is -2.22. The third-order valence-corrected chi connectivity index (χ3v) is 7.65. The van der Waals surface area contributed by atoms with Gasteiger partial charge in [-0.05, 0) is 65.9 Å². The summed E-state index contributed by atoms with van der Waals surface area (Å²) >= 11 is 1.55. The molecule has 3 heterocycles. The maximum Gasteiger partial charge on any atom is 0.357 e. The van der Waals surface area contributed by atoms with Crippen molar-refractivity contribution in [1.82, 2.24) is 10.3 Å². The van der Waals surface area contributed by atoms with Gasteiger partial charge in [-0.2, -0.15) is 0 Å². The highest BCUT2D eigenvalue weighted by atomic mass is 32.1. The number of nitrogen functional groups attached to an aromatic ring is 1. The van der Waals surface area contributed by atoms with Gasteiger partial charge in [0.25, 0.3) is 11.8 Å². The van der Waals surface area contributed by atoms with Crippen molar-refractivity contribution in [3.05, 3.63) is 88.1 Å². The van der Waals surface area contributed by atoms with Crippen molar-refractivity contribution in [3.8, 4) is 27.3 Å². The fourth-order valence-corrected chi connectivity index (χ4v) is 5.44. The number of carbonyl (C=O) groups is 3. The molecule has 0 unspecified atom stereocenters. The quantitative estimate of drug-likeness (QED) is 0.128. The van der Waals surface area contributed by atoms with Crippen LogP contribution in [0.25, 0.3) is 21.6 Å². The van der Waals surface area contributed by atoms with E-state index in [4.69, 9.17) is 20.6 Å². The molecule has 2 amide bonds. The van der Waals surface area contributed by atoms with Gasteiger partial charge in [0, 0.05) is 50.5 Å². The van der Waals surface area contributed by atoms with Crippen LogP contribution in [0.5, 0.6) is 5.75 Å². The van der Waals surface area contributed by atoms with Crippen molar-refractivity contribution in [1.29, 1.82) is 5.41 Å². The molecule has 5 rings (SSSR count). The van der Waals surface area contributed by atoms with Gasteiger partial charge in [-0.1, -0.05) is 13.8 Å². The van der Waals surface area contributed by atoms with Crippen molar-refractivity contribution in [3.63, 3.8) is 0 Å². The van der Waals surface area contributed by atoms with E-state index < -0.39 is 17.8 Å². The van der Waals surface area contributed by atoms with Crippen molar-refractivity contribution >= 4 is 40.6 Å². The summed E-state index contributed by atoms with van der Waals surface area (Å²) in [6, 6.07) is 15.1. The number of nitrogens with two attached hydrogens (primary N) is 1. The van der Waals surface area contributed by atoms with E-state index in [9.17, 15) is 14.4 Å². The Balaban J connectivity index is 1.63. The monoisotopic (exact) mass is 583 g/mol. The maximum atomic E-state index is 13.8. The number of ether oxygens (including phenoxy) is 2. The summed E-state index contributed by atoms with van der Waals surface area (Å²) in [7, 11) is 1.23. The predicted molar refractivity (Wildman–Crippen MR) is 161 cm³/mol. The predicted octanol–water partition coefficient (Wildman–Crippen LogP) is 5.08. The maximum absolute atomic E-state index is 13.8. The van der Waals surface area contributed by atoms with Crippen LogP contribution in [0.1, 0.15) is 56.3 Å². The Kier molecular flexibility index (Phi) is 8.03. The summed E-state index contributed by atoms with van der Waals surface area (Å²) in [5.74, 6) is -0.924. The molecular weight excluding hydrogens is 554 g/mol. The highest BCUT2D eigenvalue weighted by Gasteiger charge is 2.27. The Bertz CT molecular complexity index is 1710. The number of esters is 1. The van der Waals surface area contributed by atoms with Gasteiger partial charge in [-0.15, -0.1) is 11.3 Å². The molecule has 0 fully saturated rings. The lowest BCUT2D eigenvalue weighted by Crippen LogP contribution is -2.28. The Hall–Kier alpha value is -5.03. The standard InChI is InChI=1S/C31H29N5O5S/c1-16(2)14-34-30(38)24-9-8-20(26(36-24)31(39)40-3)21-13-25-23(27-18(15-41-25)10-11-42-27)12-22(21)29(37)35-19-6-4-17(5-7-19)28(32)33/h4-13,16H,14-15H2,1-3H3,(H3,32,33)(H,34,38)(H,35,37). The zero-order valence-corrected chi connectivity index (χ0v) is 24.1. The number of nitrogens with one attached hydrogen (secondary N) is 3. The van der Waals surface area contributed by atoms with Gasteiger partial charge in [0.15, 0.2) is 5.69 Å². The van der Waals surface area contributed by atoms with Crippen molar-refractivity contribution in [2.75, 3.05) is 19.0 Å². The first kappa shape index (κ1) is 28.5. The summed E-state index contributed by atoms with van der Waals surface area (Å²) < 4.78 is 11.1. The molecular formula is C31H29N5O5S. The SMILES string of the molecule is COC(=O)c1nc(C(=O)NCC(C)C)ccc1-c1cc2c(cc1C(=O)Nc1ccc(C(=N)N)cc1)-c1sccc1CO2. The molecule has 0 aliphatic carbocycles. The number of nitrogens with zero attached hydrogens (tertiary/aromatic N) is 1. The minimum Gasteiger partial charge on any atom is -0.488 e. The highest BCUT2D eigenvalue weighted by Crippen LogP contribution is 2.44. The van der Waals surface area contributed by atoms with Gasteiger partial charge in [-0.3, -0.25) is 15.0 Å². The second-order valence-corrected chi connectivity index (χ2v) is 11.0. The van der Waals surface area contributed by atoms with Gasteiger partial charge in [0.1, 0.15) is 23.9 Å². The van der Waals surface area contributed by atoms with Gasteiger partial charge >= 0.3 is 5.97 Å². The van der Waals surface area contributed by atoms with Crippen LogP contribution < -0.4 is 21.1 Å². The topological polar surface area (TPSA) is 156 Å². The molecule has 2 aromatic heterocycles. The molecule has 4 aromatic rings.